The normalized spacial score (nSPS) is 15.9. The summed E-state index contributed by atoms with van der Waals surface area (Å²) in [6.07, 6.45) is 0.907. The summed E-state index contributed by atoms with van der Waals surface area (Å²) >= 11 is 0. The number of likely N-dealkylation sites (tertiary alicyclic amines) is 1. The fourth-order valence-corrected chi connectivity index (χ4v) is 3.39. The number of carbonyl (C=O) groups excluding carboxylic acids is 2. The van der Waals surface area contributed by atoms with Gasteiger partial charge in [-0.25, -0.2) is 4.79 Å². The van der Waals surface area contributed by atoms with Gasteiger partial charge in [-0.2, -0.15) is 0 Å². The van der Waals surface area contributed by atoms with Gasteiger partial charge < -0.3 is 25.4 Å². The summed E-state index contributed by atoms with van der Waals surface area (Å²) in [5.74, 6) is 1.15. The first-order valence-corrected chi connectivity index (χ1v) is 9.22. The number of primary amides is 1. The maximum absolute atomic E-state index is 12.5. The molecule has 3 N–H and O–H groups in total. The van der Waals surface area contributed by atoms with Gasteiger partial charge in [0.2, 0.25) is 0 Å². The van der Waals surface area contributed by atoms with E-state index in [1.165, 1.54) is 0 Å². The molecule has 1 saturated heterocycles. The van der Waals surface area contributed by atoms with Gasteiger partial charge in [0.1, 0.15) is 11.5 Å². The first-order chi connectivity index (χ1) is 13.6. The van der Waals surface area contributed by atoms with Gasteiger partial charge >= 0.3 is 6.03 Å². The van der Waals surface area contributed by atoms with Crippen molar-refractivity contribution in [2.24, 2.45) is 5.73 Å². The van der Waals surface area contributed by atoms with Gasteiger partial charge in [-0.15, -0.1) is 0 Å². The summed E-state index contributed by atoms with van der Waals surface area (Å²) < 4.78 is 10.7. The maximum atomic E-state index is 12.5. The number of ether oxygens (including phenoxy) is 2. The number of urea groups is 1. The van der Waals surface area contributed by atoms with E-state index in [1.807, 2.05) is 35.2 Å². The van der Waals surface area contributed by atoms with Crippen molar-refractivity contribution in [1.82, 2.24) is 10.2 Å². The molecule has 0 bridgehead atoms. The lowest BCUT2D eigenvalue weighted by Gasteiger charge is -2.18. The second-order valence-corrected chi connectivity index (χ2v) is 6.73. The van der Waals surface area contributed by atoms with Gasteiger partial charge in [0.25, 0.3) is 5.91 Å². The second kappa shape index (κ2) is 9.12. The predicted octanol–water partition coefficient (Wildman–Crippen LogP) is 2.26. The van der Waals surface area contributed by atoms with Crippen LogP contribution in [0.15, 0.2) is 48.5 Å². The molecule has 3 rings (SSSR count). The standard InChI is InChI=1S/C21H25N3O4/c1-27-19-8-3-2-7-18(19)16-9-10-24(13-16)21(26)23-12-15-5-4-6-17(11-15)28-14-20(22)25/h2-8,11,16H,9-10,12-14H2,1H3,(H2,22,25)(H,23,26). The monoisotopic (exact) mass is 383 g/mol. The highest BCUT2D eigenvalue weighted by atomic mass is 16.5. The maximum Gasteiger partial charge on any atom is 0.317 e. The average Bonchev–Trinajstić information content (AvgIpc) is 3.21. The zero-order valence-corrected chi connectivity index (χ0v) is 15.9. The number of hydrogen-bond acceptors (Lipinski definition) is 4. The minimum absolute atomic E-state index is 0.0964. The second-order valence-electron chi connectivity index (χ2n) is 6.73. The van der Waals surface area contributed by atoms with E-state index in [-0.39, 0.29) is 18.6 Å². The Morgan fingerprint density at radius 3 is 2.82 bits per heavy atom. The summed E-state index contributed by atoms with van der Waals surface area (Å²) in [6, 6.07) is 15.1. The van der Waals surface area contributed by atoms with Crippen molar-refractivity contribution in [3.05, 3.63) is 59.7 Å². The third kappa shape index (κ3) is 4.94. The Balaban J connectivity index is 1.53. The van der Waals surface area contributed by atoms with Gasteiger partial charge in [0.05, 0.1) is 7.11 Å². The number of rotatable bonds is 7. The Bertz CT molecular complexity index is 840. The molecule has 1 unspecified atom stereocenters. The highest BCUT2D eigenvalue weighted by Gasteiger charge is 2.28. The quantitative estimate of drug-likeness (QED) is 0.767. The van der Waals surface area contributed by atoms with E-state index in [4.69, 9.17) is 15.2 Å². The molecule has 0 radical (unpaired) electrons. The van der Waals surface area contributed by atoms with E-state index in [9.17, 15) is 9.59 Å². The SMILES string of the molecule is COc1ccccc1C1CCN(C(=O)NCc2cccc(OCC(N)=O)c2)C1. The molecular formula is C21H25N3O4. The van der Waals surface area contributed by atoms with Crippen LogP contribution < -0.4 is 20.5 Å². The van der Waals surface area contributed by atoms with Crippen LogP contribution in [0.25, 0.3) is 0 Å². The van der Waals surface area contributed by atoms with Crippen molar-refractivity contribution >= 4 is 11.9 Å². The van der Waals surface area contributed by atoms with Crippen LogP contribution in [0.5, 0.6) is 11.5 Å². The minimum atomic E-state index is -0.530. The van der Waals surface area contributed by atoms with E-state index < -0.39 is 5.91 Å². The van der Waals surface area contributed by atoms with Gasteiger partial charge in [-0.3, -0.25) is 4.79 Å². The summed E-state index contributed by atoms with van der Waals surface area (Å²) in [7, 11) is 1.67. The molecule has 148 valence electrons. The molecule has 1 aliphatic rings. The number of hydrogen-bond donors (Lipinski definition) is 2. The number of carbonyl (C=O) groups is 2. The molecule has 28 heavy (non-hydrogen) atoms. The smallest absolute Gasteiger partial charge is 0.317 e. The zero-order chi connectivity index (χ0) is 19.9. The fraction of sp³-hybridized carbons (Fsp3) is 0.333. The van der Waals surface area contributed by atoms with Crippen LogP contribution in [0, 0.1) is 0 Å². The Morgan fingerprint density at radius 1 is 1.21 bits per heavy atom. The molecule has 1 aliphatic heterocycles. The molecule has 1 atom stereocenters. The Morgan fingerprint density at radius 2 is 2.04 bits per heavy atom. The highest BCUT2D eigenvalue weighted by molar-refractivity contribution is 5.75. The van der Waals surface area contributed by atoms with E-state index in [0.717, 1.165) is 23.3 Å². The lowest BCUT2D eigenvalue weighted by atomic mass is 9.97. The largest absolute Gasteiger partial charge is 0.496 e. The number of nitrogens with two attached hydrogens (primary N) is 1. The summed E-state index contributed by atoms with van der Waals surface area (Å²) in [5.41, 5.74) is 7.11. The topological polar surface area (TPSA) is 93.9 Å². The van der Waals surface area contributed by atoms with Crippen LogP contribution in [0.1, 0.15) is 23.5 Å². The Labute approximate surface area is 164 Å². The van der Waals surface area contributed by atoms with Crippen LogP contribution >= 0.6 is 0 Å². The van der Waals surface area contributed by atoms with E-state index in [1.54, 1.807) is 19.2 Å². The average molecular weight is 383 g/mol. The molecule has 7 heteroatoms. The van der Waals surface area contributed by atoms with Gasteiger partial charge in [-0.1, -0.05) is 30.3 Å². The van der Waals surface area contributed by atoms with Crippen molar-refractivity contribution in [2.45, 2.75) is 18.9 Å². The van der Waals surface area contributed by atoms with E-state index in [2.05, 4.69) is 11.4 Å². The van der Waals surface area contributed by atoms with Crippen molar-refractivity contribution in [3.63, 3.8) is 0 Å². The molecule has 1 heterocycles. The molecule has 2 aromatic carbocycles. The number of para-hydroxylation sites is 1. The van der Waals surface area contributed by atoms with Crippen molar-refractivity contribution in [3.8, 4) is 11.5 Å². The van der Waals surface area contributed by atoms with Crippen LogP contribution in [0.4, 0.5) is 4.79 Å². The number of nitrogens with one attached hydrogen (secondary N) is 1. The van der Waals surface area contributed by atoms with Crippen molar-refractivity contribution in [1.29, 1.82) is 0 Å². The molecule has 0 aromatic heterocycles. The first kappa shape index (κ1) is 19.5. The summed E-state index contributed by atoms with van der Waals surface area (Å²) in [6.45, 7) is 1.57. The molecule has 0 saturated carbocycles. The third-order valence-electron chi connectivity index (χ3n) is 4.78. The van der Waals surface area contributed by atoms with Gasteiger partial charge in [0, 0.05) is 25.6 Å². The third-order valence-corrected chi connectivity index (χ3v) is 4.78. The molecule has 0 spiro atoms. The van der Waals surface area contributed by atoms with Crippen molar-refractivity contribution < 1.29 is 19.1 Å². The number of nitrogens with zero attached hydrogens (tertiary/aromatic N) is 1. The number of benzene rings is 2. The molecular weight excluding hydrogens is 358 g/mol. The van der Waals surface area contributed by atoms with Crippen LogP contribution in [0.3, 0.4) is 0 Å². The van der Waals surface area contributed by atoms with Crippen molar-refractivity contribution in [2.75, 3.05) is 26.8 Å². The number of methoxy groups -OCH3 is 1. The Hall–Kier alpha value is -3.22. The molecule has 2 aromatic rings. The van der Waals surface area contributed by atoms with E-state index >= 15 is 0 Å². The van der Waals surface area contributed by atoms with Crippen LogP contribution in [-0.4, -0.2) is 43.6 Å². The number of amides is 3. The zero-order valence-electron chi connectivity index (χ0n) is 15.9. The fourth-order valence-electron chi connectivity index (χ4n) is 3.39. The van der Waals surface area contributed by atoms with Gasteiger partial charge in [0.15, 0.2) is 6.61 Å². The first-order valence-electron chi connectivity index (χ1n) is 9.22. The molecule has 3 amide bonds. The minimum Gasteiger partial charge on any atom is -0.496 e. The molecule has 1 fully saturated rings. The van der Waals surface area contributed by atoms with Gasteiger partial charge in [-0.05, 0) is 35.7 Å². The van der Waals surface area contributed by atoms with E-state index in [0.29, 0.717) is 25.4 Å². The molecule has 7 nitrogen and oxygen atoms in total. The highest BCUT2D eigenvalue weighted by Crippen LogP contribution is 2.33. The predicted molar refractivity (Wildman–Crippen MR) is 105 cm³/mol. The lowest BCUT2D eigenvalue weighted by Crippen LogP contribution is -2.37. The summed E-state index contributed by atoms with van der Waals surface area (Å²) in [5, 5.41) is 2.94. The Kier molecular flexibility index (Phi) is 6.37. The molecule has 0 aliphatic carbocycles. The summed E-state index contributed by atoms with van der Waals surface area (Å²) in [4.78, 5) is 25.2. The van der Waals surface area contributed by atoms with Crippen LogP contribution in [0.2, 0.25) is 0 Å². The van der Waals surface area contributed by atoms with Crippen LogP contribution in [-0.2, 0) is 11.3 Å². The lowest BCUT2D eigenvalue weighted by molar-refractivity contribution is -0.119.